The first-order chi connectivity index (χ1) is 9.82. The SMILES string of the molecule is CC(C)(Cc1ccc2c(C(N)=O)n[nH]c2c1)OC(=O)CBr. The molecule has 1 amide bonds. The van der Waals surface area contributed by atoms with E-state index in [9.17, 15) is 9.59 Å². The standard InChI is InChI=1S/C14H16BrN3O3/c1-14(2,21-11(19)7-15)6-8-3-4-9-10(5-8)17-18-12(9)13(16)20/h3-5H,6-7H2,1-2H3,(H2,16,20)(H,17,18). The maximum Gasteiger partial charge on any atom is 0.317 e. The number of carbonyl (C=O) groups excluding carboxylic acids is 2. The van der Waals surface area contributed by atoms with E-state index in [2.05, 4.69) is 26.1 Å². The van der Waals surface area contributed by atoms with Gasteiger partial charge in [-0.2, -0.15) is 5.10 Å². The van der Waals surface area contributed by atoms with Crippen LogP contribution in [0.4, 0.5) is 0 Å². The van der Waals surface area contributed by atoms with Crippen molar-refractivity contribution < 1.29 is 14.3 Å². The van der Waals surface area contributed by atoms with E-state index in [0.717, 1.165) is 11.1 Å². The van der Waals surface area contributed by atoms with Crippen LogP contribution in [0, 0.1) is 0 Å². The molecule has 2 rings (SSSR count). The van der Waals surface area contributed by atoms with Crippen molar-refractivity contribution in [1.29, 1.82) is 0 Å². The first-order valence-electron chi connectivity index (χ1n) is 6.37. The summed E-state index contributed by atoms with van der Waals surface area (Å²) in [5, 5.41) is 7.53. The van der Waals surface area contributed by atoms with Gasteiger partial charge in [0.2, 0.25) is 0 Å². The number of carbonyl (C=O) groups is 2. The number of nitrogens with one attached hydrogen (secondary N) is 1. The highest BCUT2D eigenvalue weighted by Gasteiger charge is 2.23. The van der Waals surface area contributed by atoms with Crippen molar-refractivity contribution in [3.05, 3.63) is 29.5 Å². The normalized spacial score (nSPS) is 11.6. The van der Waals surface area contributed by atoms with Crippen LogP contribution in [0.3, 0.4) is 0 Å². The van der Waals surface area contributed by atoms with E-state index in [1.165, 1.54) is 0 Å². The quantitative estimate of drug-likeness (QED) is 0.633. The molecule has 0 atom stereocenters. The predicted molar refractivity (Wildman–Crippen MR) is 82.3 cm³/mol. The van der Waals surface area contributed by atoms with Crippen LogP contribution in [-0.4, -0.2) is 33.0 Å². The maximum atomic E-state index is 11.4. The number of esters is 1. The number of hydrogen-bond donors (Lipinski definition) is 2. The highest BCUT2D eigenvalue weighted by atomic mass is 79.9. The Hall–Kier alpha value is -1.89. The Morgan fingerprint density at radius 3 is 2.76 bits per heavy atom. The van der Waals surface area contributed by atoms with E-state index in [0.29, 0.717) is 11.8 Å². The van der Waals surface area contributed by atoms with Crippen LogP contribution >= 0.6 is 15.9 Å². The van der Waals surface area contributed by atoms with Gasteiger partial charge >= 0.3 is 5.97 Å². The number of aromatic nitrogens is 2. The second-order valence-corrected chi connectivity index (χ2v) is 5.92. The smallest absolute Gasteiger partial charge is 0.317 e. The molecule has 0 aliphatic carbocycles. The van der Waals surface area contributed by atoms with Gasteiger partial charge in [0.05, 0.1) is 5.52 Å². The topological polar surface area (TPSA) is 98.1 Å². The van der Waals surface area contributed by atoms with Crippen molar-refractivity contribution in [3.63, 3.8) is 0 Å². The number of alkyl halides is 1. The van der Waals surface area contributed by atoms with Crippen LogP contribution < -0.4 is 5.73 Å². The zero-order chi connectivity index (χ0) is 15.6. The first-order valence-corrected chi connectivity index (χ1v) is 7.49. The molecule has 0 aliphatic heterocycles. The summed E-state index contributed by atoms with van der Waals surface area (Å²) in [5.74, 6) is -0.876. The van der Waals surface area contributed by atoms with Crippen LogP contribution in [0.2, 0.25) is 0 Å². The molecular formula is C14H16BrN3O3. The molecule has 0 fully saturated rings. The molecule has 0 saturated carbocycles. The molecule has 3 N–H and O–H groups in total. The third-order valence-corrected chi connectivity index (χ3v) is 3.45. The van der Waals surface area contributed by atoms with Crippen molar-refractivity contribution in [2.24, 2.45) is 5.73 Å². The number of hydrogen-bond acceptors (Lipinski definition) is 4. The van der Waals surface area contributed by atoms with E-state index < -0.39 is 11.5 Å². The molecule has 1 aromatic heterocycles. The number of aromatic amines is 1. The molecule has 6 nitrogen and oxygen atoms in total. The molecule has 1 heterocycles. The number of halogens is 1. The average Bonchev–Trinajstić information content (AvgIpc) is 2.80. The average molecular weight is 354 g/mol. The van der Waals surface area contributed by atoms with Crippen LogP contribution in [0.5, 0.6) is 0 Å². The zero-order valence-corrected chi connectivity index (χ0v) is 13.4. The summed E-state index contributed by atoms with van der Waals surface area (Å²) in [6, 6.07) is 5.53. The second kappa shape index (κ2) is 5.85. The molecule has 0 bridgehead atoms. The molecule has 0 aliphatic rings. The summed E-state index contributed by atoms with van der Waals surface area (Å²) in [6.45, 7) is 3.69. The van der Waals surface area contributed by atoms with Crippen LogP contribution in [0.1, 0.15) is 29.9 Å². The number of amides is 1. The number of rotatable bonds is 5. The summed E-state index contributed by atoms with van der Waals surface area (Å²) in [4.78, 5) is 22.6. The Bertz CT molecular complexity index is 694. The molecule has 1 aromatic carbocycles. The Morgan fingerprint density at radius 1 is 1.43 bits per heavy atom. The summed E-state index contributed by atoms with van der Waals surface area (Å²) < 4.78 is 5.36. The van der Waals surface area contributed by atoms with Gasteiger partial charge in [-0.3, -0.25) is 14.7 Å². The van der Waals surface area contributed by atoms with Gasteiger partial charge in [0.1, 0.15) is 10.9 Å². The third kappa shape index (κ3) is 3.60. The minimum Gasteiger partial charge on any atom is -0.459 e. The van der Waals surface area contributed by atoms with Crippen LogP contribution in [-0.2, 0) is 16.0 Å². The Labute approximate surface area is 130 Å². The Morgan fingerprint density at radius 2 is 2.14 bits per heavy atom. The molecular weight excluding hydrogens is 338 g/mol. The lowest BCUT2D eigenvalue weighted by Gasteiger charge is -2.24. The van der Waals surface area contributed by atoms with Crippen molar-refractivity contribution in [2.45, 2.75) is 25.9 Å². The van der Waals surface area contributed by atoms with Gasteiger partial charge in [-0.25, -0.2) is 0 Å². The van der Waals surface area contributed by atoms with E-state index >= 15 is 0 Å². The molecule has 0 saturated heterocycles. The highest BCUT2D eigenvalue weighted by molar-refractivity contribution is 9.09. The third-order valence-electron chi connectivity index (χ3n) is 2.99. The van der Waals surface area contributed by atoms with Crippen LogP contribution in [0.15, 0.2) is 18.2 Å². The zero-order valence-electron chi connectivity index (χ0n) is 11.8. The lowest BCUT2D eigenvalue weighted by Crippen LogP contribution is -2.31. The Balaban J connectivity index is 2.24. The molecule has 2 aromatic rings. The highest BCUT2D eigenvalue weighted by Crippen LogP contribution is 2.22. The van der Waals surface area contributed by atoms with E-state index in [1.54, 1.807) is 6.07 Å². The van der Waals surface area contributed by atoms with E-state index in [4.69, 9.17) is 10.5 Å². The van der Waals surface area contributed by atoms with Gasteiger partial charge in [-0.05, 0) is 25.5 Å². The number of H-pyrrole nitrogens is 1. The van der Waals surface area contributed by atoms with Crippen LogP contribution in [0.25, 0.3) is 10.9 Å². The minimum absolute atomic E-state index is 0.165. The van der Waals surface area contributed by atoms with Gasteiger partial charge < -0.3 is 10.5 Å². The second-order valence-electron chi connectivity index (χ2n) is 5.36. The molecule has 21 heavy (non-hydrogen) atoms. The number of ether oxygens (including phenoxy) is 1. The summed E-state index contributed by atoms with van der Waals surface area (Å²) in [5.41, 5.74) is 6.55. The predicted octanol–water partition coefficient (Wildman–Crippen LogP) is 1.92. The van der Waals surface area contributed by atoms with Gasteiger partial charge in [0.25, 0.3) is 5.91 Å². The molecule has 0 spiro atoms. The fraction of sp³-hybridized carbons (Fsp3) is 0.357. The van der Waals surface area contributed by atoms with Gasteiger partial charge in [0.15, 0.2) is 5.69 Å². The molecule has 7 heteroatoms. The number of nitrogens with zero attached hydrogens (tertiary/aromatic N) is 1. The number of primary amides is 1. The largest absolute Gasteiger partial charge is 0.459 e. The summed E-state index contributed by atoms with van der Waals surface area (Å²) >= 11 is 3.07. The fourth-order valence-corrected chi connectivity index (χ4v) is 2.34. The minimum atomic E-state index is -0.620. The fourth-order valence-electron chi connectivity index (χ4n) is 2.23. The van der Waals surface area contributed by atoms with Crippen molar-refractivity contribution >= 4 is 38.7 Å². The number of nitrogens with two attached hydrogens (primary N) is 1. The Kier molecular flexibility index (Phi) is 4.32. The molecule has 0 radical (unpaired) electrons. The van der Waals surface area contributed by atoms with Crippen molar-refractivity contribution in [2.75, 3.05) is 5.33 Å². The molecule has 0 unspecified atom stereocenters. The number of benzene rings is 1. The summed E-state index contributed by atoms with van der Waals surface area (Å²) in [6.07, 6.45) is 0.548. The summed E-state index contributed by atoms with van der Waals surface area (Å²) in [7, 11) is 0. The van der Waals surface area contributed by atoms with Crippen molar-refractivity contribution in [1.82, 2.24) is 10.2 Å². The lowest BCUT2D eigenvalue weighted by atomic mass is 9.97. The van der Waals surface area contributed by atoms with Crippen molar-refractivity contribution in [3.8, 4) is 0 Å². The van der Waals surface area contributed by atoms with Gasteiger partial charge in [-0.1, -0.05) is 28.1 Å². The van der Waals surface area contributed by atoms with E-state index in [1.807, 2.05) is 26.0 Å². The monoisotopic (exact) mass is 353 g/mol. The molecule has 112 valence electrons. The first kappa shape index (κ1) is 15.5. The maximum absolute atomic E-state index is 11.4. The van der Waals surface area contributed by atoms with E-state index in [-0.39, 0.29) is 17.0 Å². The number of fused-ring (bicyclic) bond motifs is 1. The van der Waals surface area contributed by atoms with Gasteiger partial charge in [-0.15, -0.1) is 0 Å². The lowest BCUT2D eigenvalue weighted by molar-refractivity contribution is -0.152. The van der Waals surface area contributed by atoms with Gasteiger partial charge in [0, 0.05) is 11.8 Å².